The minimum Gasteiger partial charge on any atom is -0.388 e. The SMILES string of the molecule is Cc1cc(C(O)CCN2CCCC(C)C2)ccc1Br. The third-order valence-electron chi connectivity index (χ3n) is 4.03. The summed E-state index contributed by atoms with van der Waals surface area (Å²) in [5.74, 6) is 0.806. The number of rotatable bonds is 4. The molecule has 1 saturated heterocycles. The molecule has 0 saturated carbocycles. The van der Waals surface area contributed by atoms with Crippen LogP contribution in [-0.4, -0.2) is 29.6 Å². The van der Waals surface area contributed by atoms with Crippen molar-refractivity contribution in [3.8, 4) is 0 Å². The third kappa shape index (κ3) is 4.30. The molecule has 0 aromatic heterocycles. The van der Waals surface area contributed by atoms with Gasteiger partial charge in [-0.15, -0.1) is 0 Å². The molecule has 2 unspecified atom stereocenters. The number of hydrogen-bond donors (Lipinski definition) is 1. The van der Waals surface area contributed by atoms with Gasteiger partial charge >= 0.3 is 0 Å². The number of piperidine rings is 1. The van der Waals surface area contributed by atoms with Gasteiger partial charge in [-0.05, 0) is 55.8 Å². The molecule has 0 amide bonds. The number of hydrogen-bond acceptors (Lipinski definition) is 2. The molecule has 0 aliphatic carbocycles. The van der Waals surface area contributed by atoms with Crippen LogP contribution in [0.25, 0.3) is 0 Å². The second-order valence-electron chi connectivity index (χ2n) is 5.86. The number of likely N-dealkylation sites (tertiary alicyclic amines) is 1. The predicted molar refractivity (Wildman–Crippen MR) is 83.3 cm³/mol. The molecule has 1 aromatic carbocycles. The summed E-state index contributed by atoms with van der Waals surface area (Å²) in [7, 11) is 0. The van der Waals surface area contributed by atoms with Crippen molar-refractivity contribution in [1.82, 2.24) is 4.90 Å². The molecule has 2 rings (SSSR count). The van der Waals surface area contributed by atoms with Crippen molar-refractivity contribution in [1.29, 1.82) is 0 Å². The zero-order valence-corrected chi connectivity index (χ0v) is 13.5. The van der Waals surface area contributed by atoms with E-state index in [4.69, 9.17) is 0 Å². The predicted octanol–water partition coefficient (Wildman–Crippen LogP) is 3.91. The van der Waals surface area contributed by atoms with Gasteiger partial charge in [0.1, 0.15) is 0 Å². The van der Waals surface area contributed by atoms with Crippen LogP contribution in [0.15, 0.2) is 22.7 Å². The van der Waals surface area contributed by atoms with E-state index < -0.39 is 0 Å². The van der Waals surface area contributed by atoms with Gasteiger partial charge in [-0.1, -0.05) is 35.0 Å². The van der Waals surface area contributed by atoms with Crippen LogP contribution in [0, 0.1) is 12.8 Å². The Balaban J connectivity index is 1.86. The lowest BCUT2D eigenvalue weighted by molar-refractivity contribution is 0.122. The summed E-state index contributed by atoms with van der Waals surface area (Å²) < 4.78 is 1.10. The van der Waals surface area contributed by atoms with Crippen LogP contribution in [0.4, 0.5) is 0 Å². The Labute approximate surface area is 124 Å². The van der Waals surface area contributed by atoms with E-state index in [1.54, 1.807) is 0 Å². The number of aryl methyl sites for hydroxylation is 1. The lowest BCUT2D eigenvalue weighted by atomic mass is 9.99. The number of aliphatic hydroxyl groups excluding tert-OH is 1. The largest absolute Gasteiger partial charge is 0.388 e. The Kier molecular flexibility index (Phi) is 5.43. The van der Waals surface area contributed by atoms with Gasteiger partial charge in [-0.2, -0.15) is 0 Å². The molecule has 0 radical (unpaired) electrons. The molecule has 1 heterocycles. The van der Waals surface area contributed by atoms with Crippen molar-refractivity contribution in [3.63, 3.8) is 0 Å². The van der Waals surface area contributed by atoms with E-state index in [0.717, 1.165) is 28.9 Å². The minimum atomic E-state index is -0.343. The van der Waals surface area contributed by atoms with E-state index in [9.17, 15) is 5.11 Å². The normalized spacial score (nSPS) is 22.4. The molecule has 106 valence electrons. The molecule has 0 spiro atoms. The molecular weight excluding hydrogens is 302 g/mol. The Morgan fingerprint density at radius 3 is 2.95 bits per heavy atom. The van der Waals surface area contributed by atoms with Gasteiger partial charge in [0.2, 0.25) is 0 Å². The first-order valence-corrected chi connectivity index (χ1v) is 8.02. The number of nitrogens with zero attached hydrogens (tertiary/aromatic N) is 1. The zero-order chi connectivity index (χ0) is 13.8. The first kappa shape index (κ1) is 15.0. The molecule has 0 bridgehead atoms. The van der Waals surface area contributed by atoms with Crippen molar-refractivity contribution >= 4 is 15.9 Å². The summed E-state index contributed by atoms with van der Waals surface area (Å²) in [5, 5.41) is 10.3. The fourth-order valence-electron chi connectivity index (χ4n) is 2.84. The molecule has 1 fully saturated rings. The summed E-state index contributed by atoms with van der Waals surface area (Å²) in [6, 6.07) is 6.12. The van der Waals surface area contributed by atoms with Gasteiger partial charge in [-0.3, -0.25) is 0 Å². The Morgan fingerprint density at radius 2 is 2.26 bits per heavy atom. The number of aliphatic hydroxyl groups is 1. The van der Waals surface area contributed by atoms with E-state index >= 15 is 0 Å². The van der Waals surface area contributed by atoms with Crippen LogP contribution in [0.2, 0.25) is 0 Å². The molecule has 2 nitrogen and oxygen atoms in total. The number of benzene rings is 1. The maximum Gasteiger partial charge on any atom is 0.0802 e. The highest BCUT2D eigenvalue weighted by atomic mass is 79.9. The lowest BCUT2D eigenvalue weighted by Gasteiger charge is -2.31. The van der Waals surface area contributed by atoms with Gasteiger partial charge in [0, 0.05) is 17.6 Å². The van der Waals surface area contributed by atoms with E-state index in [-0.39, 0.29) is 6.10 Å². The molecule has 1 aromatic rings. The van der Waals surface area contributed by atoms with Crippen LogP contribution in [-0.2, 0) is 0 Å². The van der Waals surface area contributed by atoms with E-state index in [1.807, 2.05) is 12.1 Å². The standard InChI is InChI=1S/C16H24BrNO/c1-12-4-3-8-18(11-12)9-7-16(19)14-5-6-15(17)13(2)10-14/h5-6,10,12,16,19H,3-4,7-9,11H2,1-2H3. The number of halogens is 1. The Morgan fingerprint density at radius 1 is 1.47 bits per heavy atom. The highest BCUT2D eigenvalue weighted by molar-refractivity contribution is 9.10. The fourth-order valence-corrected chi connectivity index (χ4v) is 3.08. The summed E-state index contributed by atoms with van der Waals surface area (Å²) in [5.41, 5.74) is 2.22. The van der Waals surface area contributed by atoms with Crippen molar-refractivity contribution in [2.45, 2.75) is 39.2 Å². The summed E-state index contributed by atoms with van der Waals surface area (Å²) in [4.78, 5) is 2.49. The van der Waals surface area contributed by atoms with Crippen LogP contribution >= 0.6 is 15.9 Å². The van der Waals surface area contributed by atoms with Crippen molar-refractivity contribution in [2.24, 2.45) is 5.92 Å². The third-order valence-corrected chi connectivity index (χ3v) is 4.92. The Hall–Kier alpha value is -0.380. The first-order valence-electron chi connectivity index (χ1n) is 7.22. The van der Waals surface area contributed by atoms with Crippen molar-refractivity contribution in [3.05, 3.63) is 33.8 Å². The van der Waals surface area contributed by atoms with Crippen molar-refractivity contribution < 1.29 is 5.11 Å². The molecule has 2 atom stereocenters. The minimum absolute atomic E-state index is 0.343. The highest BCUT2D eigenvalue weighted by Crippen LogP contribution is 2.24. The van der Waals surface area contributed by atoms with Crippen LogP contribution < -0.4 is 0 Å². The molecule has 1 aliphatic heterocycles. The van der Waals surface area contributed by atoms with Gasteiger partial charge in [0.05, 0.1) is 6.10 Å². The van der Waals surface area contributed by atoms with Crippen molar-refractivity contribution in [2.75, 3.05) is 19.6 Å². The smallest absolute Gasteiger partial charge is 0.0802 e. The molecular formula is C16H24BrNO. The second-order valence-corrected chi connectivity index (χ2v) is 6.72. The van der Waals surface area contributed by atoms with Gasteiger partial charge in [0.15, 0.2) is 0 Å². The Bertz CT molecular complexity index is 421. The second kappa shape index (κ2) is 6.87. The quantitative estimate of drug-likeness (QED) is 0.907. The van der Waals surface area contributed by atoms with Crippen LogP contribution in [0.3, 0.4) is 0 Å². The van der Waals surface area contributed by atoms with Gasteiger partial charge < -0.3 is 10.0 Å². The maximum atomic E-state index is 10.3. The first-order chi connectivity index (χ1) is 9.06. The summed E-state index contributed by atoms with van der Waals surface area (Å²) in [6.45, 7) is 7.76. The average molecular weight is 326 g/mol. The lowest BCUT2D eigenvalue weighted by Crippen LogP contribution is -2.35. The van der Waals surface area contributed by atoms with E-state index in [1.165, 1.54) is 31.5 Å². The zero-order valence-electron chi connectivity index (χ0n) is 11.9. The molecule has 19 heavy (non-hydrogen) atoms. The van der Waals surface area contributed by atoms with E-state index in [2.05, 4.69) is 40.7 Å². The molecule has 3 heteroatoms. The average Bonchev–Trinajstić information content (AvgIpc) is 2.39. The highest BCUT2D eigenvalue weighted by Gasteiger charge is 2.17. The fraction of sp³-hybridized carbons (Fsp3) is 0.625. The summed E-state index contributed by atoms with van der Waals surface area (Å²) >= 11 is 3.50. The van der Waals surface area contributed by atoms with Gasteiger partial charge in [0.25, 0.3) is 0 Å². The van der Waals surface area contributed by atoms with Crippen LogP contribution in [0.1, 0.15) is 43.4 Å². The topological polar surface area (TPSA) is 23.5 Å². The monoisotopic (exact) mass is 325 g/mol. The maximum absolute atomic E-state index is 10.3. The molecule has 1 aliphatic rings. The molecule has 1 N–H and O–H groups in total. The van der Waals surface area contributed by atoms with Crippen LogP contribution in [0.5, 0.6) is 0 Å². The van der Waals surface area contributed by atoms with E-state index in [0.29, 0.717) is 0 Å². The summed E-state index contributed by atoms with van der Waals surface area (Å²) in [6.07, 6.45) is 3.14. The van der Waals surface area contributed by atoms with Gasteiger partial charge in [-0.25, -0.2) is 0 Å².